The van der Waals surface area contributed by atoms with Crippen LogP contribution in [0.15, 0.2) is 48.7 Å². The molecular formula is C21H19N5O2S. The van der Waals surface area contributed by atoms with Crippen molar-refractivity contribution < 1.29 is 9.90 Å². The van der Waals surface area contributed by atoms with Crippen LogP contribution in [-0.2, 0) is 6.54 Å². The number of rotatable bonds is 6. The maximum atomic E-state index is 11.0. The van der Waals surface area contributed by atoms with Crippen LogP contribution in [0.25, 0.3) is 0 Å². The fourth-order valence-electron chi connectivity index (χ4n) is 3.54. The molecule has 4 rings (SSSR count). The SMILES string of the molecule is N#Cc1cnc(Nc2cccc([C@H]3CCCN3Cc3ccc(C(=O)O)cc3)n2)s1. The van der Waals surface area contributed by atoms with Gasteiger partial charge in [-0.1, -0.05) is 29.5 Å². The Bertz CT molecular complexity index is 1060. The van der Waals surface area contributed by atoms with Crippen LogP contribution in [0.3, 0.4) is 0 Å². The predicted molar refractivity (Wildman–Crippen MR) is 110 cm³/mol. The third kappa shape index (κ3) is 4.42. The molecular weight excluding hydrogens is 386 g/mol. The van der Waals surface area contributed by atoms with Crippen molar-refractivity contribution in [2.45, 2.75) is 25.4 Å². The van der Waals surface area contributed by atoms with Gasteiger partial charge in [0.05, 0.1) is 23.5 Å². The second-order valence-corrected chi connectivity index (χ2v) is 7.88. The quantitative estimate of drug-likeness (QED) is 0.634. The van der Waals surface area contributed by atoms with Gasteiger partial charge in [0.2, 0.25) is 0 Å². The molecule has 3 aromatic rings. The zero-order valence-electron chi connectivity index (χ0n) is 15.6. The number of carboxylic acids is 1. The van der Waals surface area contributed by atoms with Crippen LogP contribution in [0.4, 0.5) is 10.9 Å². The van der Waals surface area contributed by atoms with Gasteiger partial charge in [-0.2, -0.15) is 5.26 Å². The number of carbonyl (C=O) groups is 1. The largest absolute Gasteiger partial charge is 0.478 e. The van der Waals surface area contributed by atoms with Gasteiger partial charge in [-0.25, -0.2) is 14.8 Å². The van der Waals surface area contributed by atoms with Gasteiger partial charge in [-0.05, 0) is 49.2 Å². The van der Waals surface area contributed by atoms with Gasteiger partial charge < -0.3 is 10.4 Å². The maximum absolute atomic E-state index is 11.0. The smallest absolute Gasteiger partial charge is 0.335 e. The minimum Gasteiger partial charge on any atom is -0.478 e. The molecule has 1 aliphatic heterocycles. The van der Waals surface area contributed by atoms with E-state index < -0.39 is 5.97 Å². The van der Waals surface area contributed by atoms with Crippen molar-refractivity contribution in [2.24, 2.45) is 0 Å². The molecule has 0 radical (unpaired) electrons. The lowest BCUT2D eigenvalue weighted by atomic mass is 10.1. The van der Waals surface area contributed by atoms with Crippen LogP contribution in [0.2, 0.25) is 0 Å². The molecule has 0 bridgehead atoms. The number of hydrogen-bond acceptors (Lipinski definition) is 7. The molecule has 8 heteroatoms. The summed E-state index contributed by atoms with van der Waals surface area (Å²) in [6.07, 6.45) is 3.67. The van der Waals surface area contributed by atoms with E-state index in [1.54, 1.807) is 18.3 Å². The molecule has 7 nitrogen and oxygen atoms in total. The first kappa shape index (κ1) is 19.1. The van der Waals surface area contributed by atoms with Gasteiger partial charge in [-0.15, -0.1) is 0 Å². The molecule has 0 aliphatic carbocycles. The van der Waals surface area contributed by atoms with E-state index in [1.165, 1.54) is 11.3 Å². The zero-order chi connectivity index (χ0) is 20.2. The van der Waals surface area contributed by atoms with Crippen LogP contribution in [0.5, 0.6) is 0 Å². The lowest BCUT2D eigenvalue weighted by molar-refractivity contribution is 0.0697. The molecule has 0 spiro atoms. The summed E-state index contributed by atoms with van der Waals surface area (Å²) in [5, 5.41) is 21.8. The first-order valence-electron chi connectivity index (χ1n) is 9.28. The molecule has 1 fully saturated rings. The van der Waals surface area contributed by atoms with Gasteiger partial charge in [0.25, 0.3) is 0 Å². The Balaban J connectivity index is 1.48. The van der Waals surface area contributed by atoms with Crippen molar-refractivity contribution in [3.8, 4) is 6.07 Å². The Morgan fingerprint density at radius 2 is 2.14 bits per heavy atom. The number of likely N-dealkylation sites (tertiary alicyclic amines) is 1. The van der Waals surface area contributed by atoms with Crippen molar-refractivity contribution in [3.05, 3.63) is 70.4 Å². The highest BCUT2D eigenvalue weighted by molar-refractivity contribution is 7.16. The highest BCUT2D eigenvalue weighted by Gasteiger charge is 2.27. The van der Waals surface area contributed by atoms with Gasteiger partial charge in [0.15, 0.2) is 5.13 Å². The predicted octanol–water partition coefficient (Wildman–Crippen LogP) is 4.19. The molecule has 0 unspecified atom stereocenters. The molecule has 3 heterocycles. The minimum atomic E-state index is -0.911. The highest BCUT2D eigenvalue weighted by atomic mass is 32.1. The Morgan fingerprint density at radius 1 is 1.31 bits per heavy atom. The number of anilines is 2. The lowest BCUT2D eigenvalue weighted by Gasteiger charge is -2.24. The van der Waals surface area contributed by atoms with Crippen LogP contribution >= 0.6 is 11.3 Å². The molecule has 1 atom stereocenters. The summed E-state index contributed by atoms with van der Waals surface area (Å²) >= 11 is 1.30. The Labute approximate surface area is 172 Å². The van der Waals surface area contributed by atoms with Crippen molar-refractivity contribution >= 4 is 28.3 Å². The molecule has 1 aliphatic rings. The summed E-state index contributed by atoms with van der Waals surface area (Å²) < 4.78 is 0. The molecule has 0 saturated carbocycles. The molecule has 2 N–H and O–H groups in total. The van der Waals surface area contributed by atoms with E-state index >= 15 is 0 Å². The second kappa shape index (κ2) is 8.39. The van der Waals surface area contributed by atoms with Crippen LogP contribution in [0.1, 0.15) is 45.4 Å². The second-order valence-electron chi connectivity index (χ2n) is 6.84. The third-order valence-corrected chi connectivity index (χ3v) is 5.73. The van der Waals surface area contributed by atoms with Crippen LogP contribution in [0, 0.1) is 11.3 Å². The monoisotopic (exact) mass is 405 g/mol. The number of nitriles is 1. The van der Waals surface area contributed by atoms with Crippen molar-refractivity contribution in [1.29, 1.82) is 5.26 Å². The Kier molecular flexibility index (Phi) is 5.51. The van der Waals surface area contributed by atoms with Crippen molar-refractivity contribution in [3.63, 3.8) is 0 Å². The highest BCUT2D eigenvalue weighted by Crippen LogP contribution is 2.33. The fourth-order valence-corrected chi connectivity index (χ4v) is 4.16. The first-order chi connectivity index (χ1) is 14.1. The molecule has 146 valence electrons. The first-order valence-corrected chi connectivity index (χ1v) is 10.1. The average Bonchev–Trinajstić information content (AvgIpc) is 3.38. The van der Waals surface area contributed by atoms with Gasteiger partial charge in [-0.3, -0.25) is 4.90 Å². The molecule has 1 saturated heterocycles. The molecule has 29 heavy (non-hydrogen) atoms. The Hall–Kier alpha value is -3.28. The van der Waals surface area contributed by atoms with Crippen molar-refractivity contribution in [2.75, 3.05) is 11.9 Å². The van der Waals surface area contributed by atoms with Crippen molar-refractivity contribution in [1.82, 2.24) is 14.9 Å². The zero-order valence-corrected chi connectivity index (χ0v) is 16.4. The lowest BCUT2D eigenvalue weighted by Crippen LogP contribution is -2.23. The van der Waals surface area contributed by atoms with E-state index in [4.69, 9.17) is 15.4 Å². The van der Waals surface area contributed by atoms with Gasteiger partial charge in [0.1, 0.15) is 16.8 Å². The standard InChI is InChI=1S/C21H19N5O2S/c22-11-16-12-23-21(29-16)25-19-5-1-3-17(24-19)18-4-2-10-26(18)13-14-6-8-15(9-7-14)20(27)28/h1,3,5-9,12,18H,2,4,10,13H2,(H,27,28)(H,23,24,25)/t18-/m1/s1. The number of thiazole rings is 1. The molecule has 1 aromatic carbocycles. The van der Waals surface area contributed by atoms with Crippen LogP contribution in [-0.4, -0.2) is 32.5 Å². The van der Waals surface area contributed by atoms with E-state index in [9.17, 15) is 4.79 Å². The summed E-state index contributed by atoms with van der Waals surface area (Å²) in [7, 11) is 0. The van der Waals surface area contributed by atoms with E-state index in [2.05, 4.69) is 21.3 Å². The summed E-state index contributed by atoms with van der Waals surface area (Å²) in [5.41, 5.74) is 2.38. The number of aromatic nitrogens is 2. The Morgan fingerprint density at radius 3 is 2.86 bits per heavy atom. The molecule has 2 aromatic heterocycles. The third-order valence-electron chi connectivity index (χ3n) is 4.91. The number of hydrogen-bond donors (Lipinski definition) is 2. The van der Waals surface area contributed by atoms with E-state index in [0.29, 0.717) is 21.4 Å². The number of nitrogens with one attached hydrogen (secondary N) is 1. The number of pyridine rings is 1. The number of benzene rings is 1. The van der Waals surface area contributed by atoms with Gasteiger partial charge in [0, 0.05) is 6.54 Å². The van der Waals surface area contributed by atoms with E-state index in [1.807, 2.05) is 30.3 Å². The fraction of sp³-hybridized carbons (Fsp3) is 0.238. The topological polar surface area (TPSA) is 102 Å². The maximum Gasteiger partial charge on any atom is 0.335 e. The van der Waals surface area contributed by atoms with E-state index in [0.717, 1.165) is 37.2 Å². The summed E-state index contributed by atoms with van der Waals surface area (Å²) in [6.45, 7) is 1.73. The average molecular weight is 405 g/mol. The minimum absolute atomic E-state index is 0.210. The van der Waals surface area contributed by atoms with Gasteiger partial charge >= 0.3 is 5.97 Å². The molecule has 0 amide bonds. The van der Waals surface area contributed by atoms with Crippen LogP contribution < -0.4 is 5.32 Å². The number of aromatic carboxylic acids is 1. The van der Waals surface area contributed by atoms with E-state index in [-0.39, 0.29) is 6.04 Å². The number of nitrogens with zero attached hydrogens (tertiary/aromatic N) is 4. The number of carboxylic acid groups (broad SMARTS) is 1. The normalized spacial score (nSPS) is 16.4. The summed E-state index contributed by atoms with van der Waals surface area (Å²) in [6, 6.07) is 15.2. The summed E-state index contributed by atoms with van der Waals surface area (Å²) in [5.74, 6) is -0.203. The summed E-state index contributed by atoms with van der Waals surface area (Å²) in [4.78, 5) is 22.9.